The minimum atomic E-state index is -0.453. The number of aliphatic hydroxyl groups is 1. The van der Waals surface area contributed by atoms with Gasteiger partial charge in [-0.1, -0.05) is 45.4 Å². The molecule has 0 aliphatic carbocycles. The van der Waals surface area contributed by atoms with Crippen LogP contribution in [0.4, 0.5) is 0 Å². The van der Waals surface area contributed by atoms with Crippen LogP contribution in [0.25, 0.3) is 0 Å². The summed E-state index contributed by atoms with van der Waals surface area (Å²) >= 11 is 0. The van der Waals surface area contributed by atoms with Crippen LogP contribution >= 0.6 is 0 Å². The number of β-amino-alcohol motifs (C(OH)–C–C–N with tert-alkyl or cyclic N) is 1. The van der Waals surface area contributed by atoms with Gasteiger partial charge < -0.3 is 9.84 Å². The topological polar surface area (TPSA) is 32.7 Å². The molecule has 3 nitrogen and oxygen atoms in total. The number of aliphatic hydroxyl groups excluding tert-OH is 1. The van der Waals surface area contributed by atoms with Crippen molar-refractivity contribution in [2.75, 3.05) is 13.2 Å². The molecule has 1 N–H and O–H groups in total. The lowest BCUT2D eigenvalue weighted by atomic mass is 9.86. The Balaban J connectivity index is 1.93. The number of para-hydroxylation sites is 1. The normalized spacial score (nSPS) is 24.4. The second-order valence-corrected chi connectivity index (χ2v) is 8.04. The van der Waals surface area contributed by atoms with E-state index >= 15 is 0 Å². The lowest BCUT2D eigenvalue weighted by Crippen LogP contribution is -2.48. The van der Waals surface area contributed by atoms with E-state index in [4.69, 9.17) is 4.74 Å². The fraction of sp³-hybridized carbons (Fsp3) is 0.700. The molecule has 0 radical (unpaired) electrons. The quantitative estimate of drug-likeness (QED) is 0.891. The van der Waals surface area contributed by atoms with Crippen LogP contribution in [0.15, 0.2) is 24.3 Å². The highest BCUT2D eigenvalue weighted by Crippen LogP contribution is 2.31. The molecule has 1 aliphatic rings. The molecule has 1 fully saturated rings. The van der Waals surface area contributed by atoms with E-state index in [-0.39, 0.29) is 5.41 Å². The van der Waals surface area contributed by atoms with Gasteiger partial charge in [0.2, 0.25) is 0 Å². The number of benzene rings is 1. The van der Waals surface area contributed by atoms with Gasteiger partial charge in [0, 0.05) is 18.6 Å². The highest BCUT2D eigenvalue weighted by atomic mass is 16.5. The first-order valence-corrected chi connectivity index (χ1v) is 8.95. The lowest BCUT2D eigenvalue weighted by Gasteiger charge is -2.40. The maximum atomic E-state index is 10.4. The molecular formula is C20H33NO2. The SMILES string of the molecule is CC1CCCC(C)N1CC(O)COc1ccccc1C(C)(C)C. The molecule has 1 heterocycles. The van der Waals surface area contributed by atoms with Gasteiger partial charge in [-0.25, -0.2) is 0 Å². The number of nitrogens with zero attached hydrogens (tertiary/aromatic N) is 1. The van der Waals surface area contributed by atoms with Crippen molar-refractivity contribution < 1.29 is 9.84 Å². The van der Waals surface area contributed by atoms with Crippen molar-refractivity contribution in [2.45, 2.75) is 77.5 Å². The van der Waals surface area contributed by atoms with Gasteiger partial charge in [0.15, 0.2) is 0 Å². The van der Waals surface area contributed by atoms with Gasteiger partial charge in [-0.15, -0.1) is 0 Å². The van der Waals surface area contributed by atoms with Gasteiger partial charge >= 0.3 is 0 Å². The average molecular weight is 319 g/mol. The molecule has 1 aromatic rings. The maximum Gasteiger partial charge on any atom is 0.123 e. The predicted octanol–water partition coefficient (Wildman–Crippen LogP) is 3.99. The summed E-state index contributed by atoms with van der Waals surface area (Å²) in [5.74, 6) is 0.888. The Kier molecular flexibility index (Phi) is 6.10. The Bertz CT molecular complexity index is 485. The Hall–Kier alpha value is -1.06. The average Bonchev–Trinajstić information content (AvgIpc) is 2.48. The summed E-state index contributed by atoms with van der Waals surface area (Å²) in [6, 6.07) is 9.24. The smallest absolute Gasteiger partial charge is 0.123 e. The van der Waals surface area contributed by atoms with E-state index in [9.17, 15) is 5.11 Å². The molecule has 130 valence electrons. The number of rotatable bonds is 5. The van der Waals surface area contributed by atoms with Crippen molar-refractivity contribution in [3.05, 3.63) is 29.8 Å². The summed E-state index contributed by atoms with van der Waals surface area (Å²) in [6.45, 7) is 12.1. The zero-order valence-electron chi connectivity index (χ0n) is 15.4. The number of hydrogen-bond donors (Lipinski definition) is 1. The van der Waals surface area contributed by atoms with Crippen LogP contribution in [0.1, 0.15) is 59.4 Å². The largest absolute Gasteiger partial charge is 0.491 e. The highest BCUT2D eigenvalue weighted by Gasteiger charge is 2.27. The summed E-state index contributed by atoms with van der Waals surface area (Å²) in [4.78, 5) is 2.42. The molecule has 3 unspecified atom stereocenters. The first kappa shape index (κ1) is 18.3. The highest BCUT2D eigenvalue weighted by molar-refractivity contribution is 5.38. The molecule has 0 spiro atoms. The standard InChI is InChI=1S/C20H33NO2/c1-15-9-8-10-16(2)21(15)13-17(22)14-23-19-12-7-6-11-18(19)20(3,4)5/h6-7,11-12,15-17,22H,8-10,13-14H2,1-5H3. The molecule has 1 aromatic carbocycles. The Morgan fingerprint density at radius 2 is 1.78 bits per heavy atom. The molecule has 2 rings (SSSR count). The van der Waals surface area contributed by atoms with Crippen LogP contribution in [0, 0.1) is 0 Å². The second-order valence-electron chi connectivity index (χ2n) is 8.04. The Labute approximate surface area is 141 Å². The fourth-order valence-electron chi connectivity index (χ4n) is 3.53. The molecule has 23 heavy (non-hydrogen) atoms. The molecular weight excluding hydrogens is 286 g/mol. The number of ether oxygens (including phenoxy) is 1. The van der Waals surface area contributed by atoms with Crippen LogP contribution in [0.5, 0.6) is 5.75 Å². The van der Waals surface area contributed by atoms with Crippen LogP contribution in [0.2, 0.25) is 0 Å². The zero-order chi connectivity index (χ0) is 17.0. The van der Waals surface area contributed by atoms with Crippen LogP contribution < -0.4 is 4.74 Å². The van der Waals surface area contributed by atoms with Crippen molar-refractivity contribution in [1.29, 1.82) is 0 Å². The van der Waals surface area contributed by atoms with E-state index in [1.54, 1.807) is 0 Å². The molecule has 0 bridgehead atoms. The van der Waals surface area contributed by atoms with Gasteiger partial charge in [0.1, 0.15) is 18.5 Å². The van der Waals surface area contributed by atoms with Crippen molar-refractivity contribution in [3.8, 4) is 5.75 Å². The number of piperidine rings is 1. The van der Waals surface area contributed by atoms with E-state index < -0.39 is 6.10 Å². The molecule has 3 atom stereocenters. The summed E-state index contributed by atoms with van der Waals surface area (Å²) in [7, 11) is 0. The molecule has 1 saturated heterocycles. The number of hydrogen-bond acceptors (Lipinski definition) is 3. The molecule has 3 heteroatoms. The molecule has 0 amide bonds. The van der Waals surface area contributed by atoms with E-state index in [0.717, 1.165) is 5.75 Å². The van der Waals surface area contributed by atoms with Crippen LogP contribution in [0.3, 0.4) is 0 Å². The first-order chi connectivity index (χ1) is 10.8. The molecule has 0 aromatic heterocycles. The van der Waals surface area contributed by atoms with E-state index in [1.807, 2.05) is 18.2 Å². The zero-order valence-corrected chi connectivity index (χ0v) is 15.4. The first-order valence-electron chi connectivity index (χ1n) is 8.95. The van der Waals surface area contributed by atoms with Gasteiger partial charge in [0.25, 0.3) is 0 Å². The van der Waals surface area contributed by atoms with Crippen LogP contribution in [-0.4, -0.2) is 41.3 Å². The molecule has 0 saturated carbocycles. The maximum absolute atomic E-state index is 10.4. The predicted molar refractivity (Wildman–Crippen MR) is 96.1 cm³/mol. The summed E-state index contributed by atoms with van der Waals surface area (Å²) in [5.41, 5.74) is 1.23. The monoisotopic (exact) mass is 319 g/mol. The van der Waals surface area contributed by atoms with Crippen LogP contribution in [-0.2, 0) is 5.41 Å². The van der Waals surface area contributed by atoms with E-state index in [1.165, 1.54) is 24.8 Å². The van der Waals surface area contributed by atoms with E-state index in [2.05, 4.69) is 45.6 Å². The third-order valence-corrected chi connectivity index (χ3v) is 4.92. The third-order valence-electron chi connectivity index (χ3n) is 4.92. The summed E-state index contributed by atoms with van der Waals surface area (Å²) in [6.07, 6.45) is 3.30. The summed E-state index contributed by atoms with van der Waals surface area (Å²) < 4.78 is 5.96. The lowest BCUT2D eigenvalue weighted by molar-refractivity contribution is 0.0206. The van der Waals surface area contributed by atoms with Crippen molar-refractivity contribution >= 4 is 0 Å². The molecule has 1 aliphatic heterocycles. The van der Waals surface area contributed by atoms with Gasteiger partial charge in [-0.2, -0.15) is 0 Å². The number of likely N-dealkylation sites (tertiary alicyclic amines) is 1. The van der Waals surface area contributed by atoms with Gasteiger partial charge in [-0.3, -0.25) is 4.90 Å². The van der Waals surface area contributed by atoms with E-state index in [0.29, 0.717) is 25.2 Å². The van der Waals surface area contributed by atoms with Crippen molar-refractivity contribution in [3.63, 3.8) is 0 Å². The minimum absolute atomic E-state index is 0.0391. The van der Waals surface area contributed by atoms with Gasteiger partial charge in [-0.05, 0) is 43.7 Å². The second kappa shape index (κ2) is 7.67. The summed E-state index contributed by atoms with van der Waals surface area (Å²) in [5, 5.41) is 10.4. The Morgan fingerprint density at radius 3 is 2.39 bits per heavy atom. The Morgan fingerprint density at radius 1 is 1.17 bits per heavy atom. The van der Waals surface area contributed by atoms with Crippen molar-refractivity contribution in [1.82, 2.24) is 4.90 Å². The third kappa shape index (κ3) is 4.95. The fourth-order valence-corrected chi connectivity index (χ4v) is 3.53. The van der Waals surface area contributed by atoms with Gasteiger partial charge in [0.05, 0.1) is 0 Å². The minimum Gasteiger partial charge on any atom is -0.491 e. The van der Waals surface area contributed by atoms with Crippen molar-refractivity contribution in [2.24, 2.45) is 0 Å².